The molecule has 94 valence electrons. The molecule has 4 heteroatoms. The van der Waals surface area contributed by atoms with E-state index in [1.165, 1.54) is 12.8 Å². The summed E-state index contributed by atoms with van der Waals surface area (Å²) in [6, 6.07) is 0.785. The number of carbonyl (C=O) groups excluding carboxylic acids is 1. The SMILES string of the molecule is CCOC(=O)C(CN(C)C(C)C)NC1CC1. The predicted molar refractivity (Wildman–Crippen MR) is 64.3 cm³/mol. The summed E-state index contributed by atoms with van der Waals surface area (Å²) in [5.41, 5.74) is 0. The Kier molecular flexibility index (Phi) is 5.22. The molecule has 0 radical (unpaired) electrons. The van der Waals surface area contributed by atoms with Crippen LogP contribution in [0.2, 0.25) is 0 Å². The third-order valence-corrected chi connectivity index (χ3v) is 2.94. The van der Waals surface area contributed by atoms with Gasteiger partial charge in [0.05, 0.1) is 6.61 Å². The van der Waals surface area contributed by atoms with Crippen molar-refractivity contribution in [1.82, 2.24) is 10.2 Å². The highest BCUT2D eigenvalue weighted by Gasteiger charge is 2.30. The number of hydrogen-bond acceptors (Lipinski definition) is 4. The first kappa shape index (κ1) is 13.5. The van der Waals surface area contributed by atoms with Gasteiger partial charge in [0, 0.05) is 18.6 Å². The summed E-state index contributed by atoms with van der Waals surface area (Å²) in [4.78, 5) is 13.9. The summed E-state index contributed by atoms with van der Waals surface area (Å²) in [6.45, 7) is 7.26. The van der Waals surface area contributed by atoms with Gasteiger partial charge in [0.25, 0.3) is 0 Å². The molecule has 0 aromatic rings. The fourth-order valence-electron chi connectivity index (χ4n) is 1.47. The Hall–Kier alpha value is -0.610. The molecule has 1 saturated carbocycles. The number of nitrogens with zero attached hydrogens (tertiary/aromatic N) is 1. The van der Waals surface area contributed by atoms with Crippen LogP contribution in [-0.2, 0) is 9.53 Å². The normalized spacial score (nSPS) is 17.9. The molecule has 1 unspecified atom stereocenters. The van der Waals surface area contributed by atoms with E-state index in [1.54, 1.807) is 0 Å². The van der Waals surface area contributed by atoms with Gasteiger partial charge in [-0.05, 0) is 40.7 Å². The molecule has 0 spiro atoms. The van der Waals surface area contributed by atoms with Crippen LogP contribution in [-0.4, -0.2) is 49.2 Å². The number of rotatable bonds is 7. The van der Waals surface area contributed by atoms with E-state index in [2.05, 4.69) is 24.1 Å². The van der Waals surface area contributed by atoms with E-state index in [0.29, 0.717) is 25.2 Å². The van der Waals surface area contributed by atoms with Crippen LogP contribution in [0.15, 0.2) is 0 Å². The lowest BCUT2D eigenvalue weighted by atomic mass is 10.2. The first-order valence-corrected chi connectivity index (χ1v) is 6.17. The van der Waals surface area contributed by atoms with Crippen LogP contribution in [0.25, 0.3) is 0 Å². The average molecular weight is 228 g/mol. The van der Waals surface area contributed by atoms with Crippen LogP contribution in [0.4, 0.5) is 0 Å². The minimum absolute atomic E-state index is 0.123. The van der Waals surface area contributed by atoms with Gasteiger partial charge in [-0.15, -0.1) is 0 Å². The van der Waals surface area contributed by atoms with Crippen molar-refractivity contribution in [2.75, 3.05) is 20.2 Å². The molecular weight excluding hydrogens is 204 g/mol. The van der Waals surface area contributed by atoms with E-state index < -0.39 is 0 Å². The van der Waals surface area contributed by atoms with Gasteiger partial charge in [0.15, 0.2) is 0 Å². The molecular formula is C12H24N2O2. The average Bonchev–Trinajstić information content (AvgIpc) is 3.00. The maximum Gasteiger partial charge on any atom is 0.324 e. The molecule has 16 heavy (non-hydrogen) atoms. The summed E-state index contributed by atoms with van der Waals surface area (Å²) in [5, 5.41) is 3.35. The van der Waals surface area contributed by atoms with Crippen molar-refractivity contribution in [2.24, 2.45) is 0 Å². The number of esters is 1. The lowest BCUT2D eigenvalue weighted by Crippen LogP contribution is -2.48. The Bertz CT molecular complexity index is 227. The van der Waals surface area contributed by atoms with E-state index in [9.17, 15) is 4.79 Å². The summed E-state index contributed by atoms with van der Waals surface area (Å²) < 4.78 is 5.09. The van der Waals surface area contributed by atoms with E-state index in [1.807, 2.05) is 14.0 Å². The minimum atomic E-state index is -0.181. The summed E-state index contributed by atoms with van der Waals surface area (Å²) >= 11 is 0. The van der Waals surface area contributed by atoms with Crippen LogP contribution in [0.1, 0.15) is 33.6 Å². The molecule has 0 bridgehead atoms. The van der Waals surface area contributed by atoms with Gasteiger partial charge in [-0.2, -0.15) is 0 Å². The van der Waals surface area contributed by atoms with Crippen molar-refractivity contribution in [3.05, 3.63) is 0 Å². The van der Waals surface area contributed by atoms with Gasteiger partial charge in [-0.1, -0.05) is 0 Å². The van der Waals surface area contributed by atoms with Gasteiger partial charge in [0.2, 0.25) is 0 Å². The molecule has 1 aliphatic carbocycles. The third kappa shape index (κ3) is 4.49. The Labute approximate surface area is 98.3 Å². The number of nitrogens with one attached hydrogen (secondary N) is 1. The summed E-state index contributed by atoms with van der Waals surface area (Å²) in [5.74, 6) is -0.123. The lowest BCUT2D eigenvalue weighted by Gasteiger charge is -2.26. The van der Waals surface area contributed by atoms with Gasteiger partial charge < -0.3 is 15.0 Å². The molecule has 0 aromatic heterocycles. The topological polar surface area (TPSA) is 41.6 Å². The van der Waals surface area contributed by atoms with Crippen LogP contribution < -0.4 is 5.32 Å². The number of likely N-dealkylation sites (N-methyl/N-ethyl adjacent to an activating group) is 1. The Morgan fingerprint density at radius 3 is 2.56 bits per heavy atom. The second-order valence-corrected chi connectivity index (χ2v) is 4.78. The molecule has 1 fully saturated rings. The summed E-state index contributed by atoms with van der Waals surface area (Å²) in [6.07, 6.45) is 2.36. The maximum absolute atomic E-state index is 11.8. The molecule has 0 aliphatic heterocycles. The Morgan fingerprint density at radius 1 is 1.50 bits per heavy atom. The molecule has 0 aromatic carbocycles. The minimum Gasteiger partial charge on any atom is -0.465 e. The highest BCUT2D eigenvalue weighted by atomic mass is 16.5. The monoisotopic (exact) mass is 228 g/mol. The maximum atomic E-state index is 11.8. The van der Waals surface area contributed by atoms with Crippen molar-refractivity contribution in [3.63, 3.8) is 0 Å². The van der Waals surface area contributed by atoms with Crippen molar-refractivity contribution in [1.29, 1.82) is 0 Å². The smallest absolute Gasteiger partial charge is 0.324 e. The first-order chi connectivity index (χ1) is 7.54. The third-order valence-electron chi connectivity index (χ3n) is 2.94. The lowest BCUT2D eigenvalue weighted by molar-refractivity contribution is -0.146. The highest BCUT2D eigenvalue weighted by molar-refractivity contribution is 5.76. The van der Waals surface area contributed by atoms with Gasteiger partial charge in [0.1, 0.15) is 6.04 Å². The fraction of sp³-hybridized carbons (Fsp3) is 0.917. The Morgan fingerprint density at radius 2 is 2.12 bits per heavy atom. The zero-order valence-corrected chi connectivity index (χ0v) is 10.8. The second-order valence-electron chi connectivity index (χ2n) is 4.78. The van der Waals surface area contributed by atoms with Crippen molar-refractivity contribution in [2.45, 2.75) is 51.7 Å². The summed E-state index contributed by atoms with van der Waals surface area (Å²) in [7, 11) is 2.03. The van der Waals surface area contributed by atoms with E-state index in [-0.39, 0.29) is 12.0 Å². The largest absolute Gasteiger partial charge is 0.465 e. The second kappa shape index (κ2) is 6.21. The van der Waals surface area contributed by atoms with Crippen molar-refractivity contribution >= 4 is 5.97 Å². The van der Waals surface area contributed by atoms with Crippen molar-refractivity contribution < 1.29 is 9.53 Å². The predicted octanol–water partition coefficient (Wildman–Crippen LogP) is 1.01. The molecule has 1 rings (SSSR count). The highest BCUT2D eigenvalue weighted by Crippen LogP contribution is 2.19. The zero-order valence-electron chi connectivity index (χ0n) is 10.8. The van der Waals surface area contributed by atoms with Gasteiger partial charge >= 0.3 is 5.97 Å². The fourth-order valence-corrected chi connectivity index (χ4v) is 1.47. The van der Waals surface area contributed by atoms with E-state index in [0.717, 1.165) is 0 Å². The molecule has 1 N–H and O–H groups in total. The molecule has 1 aliphatic rings. The van der Waals surface area contributed by atoms with E-state index in [4.69, 9.17) is 4.74 Å². The molecule has 0 saturated heterocycles. The van der Waals surface area contributed by atoms with Crippen LogP contribution in [0.3, 0.4) is 0 Å². The van der Waals surface area contributed by atoms with Crippen LogP contribution in [0.5, 0.6) is 0 Å². The van der Waals surface area contributed by atoms with Crippen molar-refractivity contribution in [3.8, 4) is 0 Å². The number of ether oxygens (including phenoxy) is 1. The van der Waals surface area contributed by atoms with Crippen LogP contribution >= 0.6 is 0 Å². The van der Waals surface area contributed by atoms with Crippen LogP contribution in [0, 0.1) is 0 Å². The Balaban J connectivity index is 2.44. The standard InChI is InChI=1S/C12H24N2O2/c1-5-16-12(15)11(13-10-6-7-10)8-14(4)9(2)3/h9-11,13H,5-8H2,1-4H3. The molecule has 0 heterocycles. The molecule has 1 atom stereocenters. The number of hydrogen-bond donors (Lipinski definition) is 1. The van der Waals surface area contributed by atoms with E-state index >= 15 is 0 Å². The number of carbonyl (C=O) groups is 1. The molecule has 0 amide bonds. The quantitative estimate of drug-likeness (QED) is 0.660. The zero-order chi connectivity index (χ0) is 12.1. The first-order valence-electron chi connectivity index (χ1n) is 6.17. The van der Waals surface area contributed by atoms with Gasteiger partial charge in [-0.25, -0.2) is 0 Å². The molecule has 4 nitrogen and oxygen atoms in total. The van der Waals surface area contributed by atoms with Gasteiger partial charge in [-0.3, -0.25) is 4.79 Å².